The predicted molar refractivity (Wildman–Crippen MR) is 76.7 cm³/mol. The third-order valence-corrected chi connectivity index (χ3v) is 3.86. The van der Waals surface area contributed by atoms with E-state index in [1.807, 2.05) is 29.2 Å². The molecule has 0 spiro atoms. The minimum atomic E-state index is 0.110. The van der Waals surface area contributed by atoms with Crippen LogP contribution in [0.25, 0.3) is 0 Å². The van der Waals surface area contributed by atoms with Crippen molar-refractivity contribution < 1.29 is 4.79 Å². The van der Waals surface area contributed by atoms with Gasteiger partial charge in [0.25, 0.3) is 5.91 Å². The van der Waals surface area contributed by atoms with E-state index in [4.69, 9.17) is 0 Å². The van der Waals surface area contributed by atoms with Gasteiger partial charge in [-0.3, -0.25) is 4.79 Å². The fourth-order valence-corrected chi connectivity index (χ4v) is 2.73. The first-order chi connectivity index (χ1) is 8.49. The van der Waals surface area contributed by atoms with Crippen LogP contribution in [0.1, 0.15) is 24.2 Å². The molecule has 1 aliphatic heterocycles. The van der Waals surface area contributed by atoms with E-state index in [0.29, 0.717) is 0 Å². The van der Waals surface area contributed by atoms with Crippen LogP contribution in [0.2, 0.25) is 0 Å². The lowest BCUT2D eigenvalue weighted by molar-refractivity contribution is 0.0716. The first-order valence-electron chi connectivity index (χ1n) is 6.24. The predicted octanol–water partition coefficient (Wildman–Crippen LogP) is 2.52. The zero-order valence-corrected chi connectivity index (χ0v) is 12.5. The van der Waals surface area contributed by atoms with Crippen molar-refractivity contribution in [1.82, 2.24) is 10.2 Å². The highest BCUT2D eigenvalue weighted by atomic mass is 79.9. The lowest BCUT2D eigenvalue weighted by atomic mass is 9.93. The molecule has 0 aromatic heterocycles. The Hall–Kier alpha value is -0.870. The van der Waals surface area contributed by atoms with Crippen molar-refractivity contribution in [3.63, 3.8) is 0 Å². The van der Waals surface area contributed by atoms with Crippen LogP contribution in [-0.4, -0.2) is 37.0 Å². The molecule has 3 nitrogen and oxygen atoms in total. The Morgan fingerprint density at radius 3 is 2.83 bits per heavy atom. The second kappa shape index (κ2) is 5.41. The number of benzene rings is 1. The number of hydrogen-bond donors (Lipinski definition) is 1. The standard InChI is InChI=1S/C14H19BrN2O/c1-14(2)9-16-7-8-17(10-14)13(18)11-5-3-4-6-12(11)15/h3-6,16H,7-10H2,1-2H3. The summed E-state index contributed by atoms with van der Waals surface area (Å²) in [5, 5.41) is 3.38. The molecule has 0 atom stereocenters. The molecule has 1 N–H and O–H groups in total. The lowest BCUT2D eigenvalue weighted by Gasteiger charge is -2.29. The maximum absolute atomic E-state index is 12.5. The second-order valence-corrected chi connectivity index (χ2v) is 6.40. The van der Waals surface area contributed by atoms with Gasteiger partial charge in [-0.1, -0.05) is 26.0 Å². The van der Waals surface area contributed by atoms with Crippen LogP contribution < -0.4 is 5.32 Å². The van der Waals surface area contributed by atoms with Crippen LogP contribution in [-0.2, 0) is 0 Å². The summed E-state index contributed by atoms with van der Waals surface area (Å²) in [4.78, 5) is 14.5. The van der Waals surface area contributed by atoms with Crippen LogP contribution in [0.5, 0.6) is 0 Å². The number of carbonyl (C=O) groups excluding carboxylic acids is 1. The molecule has 0 radical (unpaired) electrons. The molecular weight excluding hydrogens is 292 g/mol. The Balaban J connectivity index is 2.20. The Labute approximate surface area is 117 Å². The normalized spacial score (nSPS) is 19.4. The quantitative estimate of drug-likeness (QED) is 0.864. The van der Waals surface area contributed by atoms with Gasteiger partial charge in [0, 0.05) is 30.7 Å². The van der Waals surface area contributed by atoms with Crippen molar-refractivity contribution in [2.24, 2.45) is 5.41 Å². The minimum Gasteiger partial charge on any atom is -0.337 e. The SMILES string of the molecule is CC1(C)CNCCN(C(=O)c2ccccc2Br)C1. The van der Waals surface area contributed by atoms with Crippen LogP contribution in [0.3, 0.4) is 0 Å². The number of nitrogens with one attached hydrogen (secondary N) is 1. The van der Waals surface area contributed by atoms with Gasteiger partial charge in [-0.2, -0.15) is 0 Å². The molecule has 1 aromatic rings. The summed E-state index contributed by atoms with van der Waals surface area (Å²) in [5.74, 6) is 0.110. The number of amides is 1. The van der Waals surface area contributed by atoms with E-state index in [-0.39, 0.29) is 11.3 Å². The molecule has 0 unspecified atom stereocenters. The van der Waals surface area contributed by atoms with Crippen LogP contribution in [0.4, 0.5) is 0 Å². The van der Waals surface area contributed by atoms with E-state index in [2.05, 4.69) is 35.1 Å². The molecule has 0 saturated carbocycles. The molecule has 1 fully saturated rings. The molecule has 1 aromatic carbocycles. The van der Waals surface area contributed by atoms with Crippen molar-refractivity contribution in [1.29, 1.82) is 0 Å². The maximum Gasteiger partial charge on any atom is 0.255 e. The molecule has 0 bridgehead atoms. The van der Waals surface area contributed by atoms with Crippen molar-refractivity contribution in [2.75, 3.05) is 26.2 Å². The van der Waals surface area contributed by atoms with Crippen molar-refractivity contribution in [2.45, 2.75) is 13.8 Å². The first kappa shape index (κ1) is 13.6. The summed E-state index contributed by atoms with van der Waals surface area (Å²) in [6.07, 6.45) is 0. The summed E-state index contributed by atoms with van der Waals surface area (Å²) < 4.78 is 0.866. The summed E-state index contributed by atoms with van der Waals surface area (Å²) >= 11 is 3.45. The van der Waals surface area contributed by atoms with Crippen molar-refractivity contribution in [3.8, 4) is 0 Å². The molecule has 1 amide bonds. The lowest BCUT2D eigenvalue weighted by Crippen LogP contribution is -2.39. The Morgan fingerprint density at radius 1 is 1.39 bits per heavy atom. The van der Waals surface area contributed by atoms with Gasteiger partial charge in [0.15, 0.2) is 0 Å². The fraction of sp³-hybridized carbons (Fsp3) is 0.500. The monoisotopic (exact) mass is 310 g/mol. The smallest absolute Gasteiger partial charge is 0.255 e. The van der Waals surface area contributed by atoms with E-state index in [1.54, 1.807) is 0 Å². The molecule has 4 heteroatoms. The van der Waals surface area contributed by atoms with Crippen LogP contribution in [0.15, 0.2) is 28.7 Å². The third kappa shape index (κ3) is 3.12. The van der Waals surface area contributed by atoms with Gasteiger partial charge in [-0.15, -0.1) is 0 Å². The minimum absolute atomic E-state index is 0.110. The van der Waals surface area contributed by atoms with Gasteiger partial charge in [-0.05, 0) is 33.5 Å². The van der Waals surface area contributed by atoms with Gasteiger partial charge in [0.05, 0.1) is 5.56 Å². The largest absolute Gasteiger partial charge is 0.337 e. The van der Waals surface area contributed by atoms with Gasteiger partial charge in [0.2, 0.25) is 0 Å². The summed E-state index contributed by atoms with van der Waals surface area (Å²) in [5.41, 5.74) is 0.864. The highest BCUT2D eigenvalue weighted by molar-refractivity contribution is 9.10. The molecule has 18 heavy (non-hydrogen) atoms. The average Bonchev–Trinajstić information content (AvgIpc) is 2.50. The van der Waals surface area contributed by atoms with Gasteiger partial charge in [-0.25, -0.2) is 0 Å². The zero-order valence-electron chi connectivity index (χ0n) is 10.9. The fourth-order valence-electron chi connectivity index (χ4n) is 2.27. The molecule has 2 rings (SSSR count). The van der Waals surface area contributed by atoms with Crippen LogP contribution in [0, 0.1) is 5.41 Å². The molecule has 1 saturated heterocycles. The number of halogens is 1. The van der Waals surface area contributed by atoms with E-state index in [0.717, 1.165) is 36.2 Å². The van der Waals surface area contributed by atoms with Crippen molar-refractivity contribution >= 4 is 21.8 Å². The number of rotatable bonds is 1. The van der Waals surface area contributed by atoms with Crippen molar-refractivity contribution in [3.05, 3.63) is 34.3 Å². The van der Waals surface area contributed by atoms with Gasteiger partial charge >= 0.3 is 0 Å². The average molecular weight is 311 g/mol. The van der Waals surface area contributed by atoms with Gasteiger partial charge < -0.3 is 10.2 Å². The third-order valence-electron chi connectivity index (χ3n) is 3.17. The van der Waals surface area contributed by atoms with E-state index in [1.165, 1.54) is 0 Å². The summed E-state index contributed by atoms with van der Waals surface area (Å²) in [6.45, 7) is 7.74. The molecule has 98 valence electrons. The molecular formula is C14H19BrN2O. The first-order valence-corrected chi connectivity index (χ1v) is 7.03. The number of carbonyl (C=O) groups is 1. The summed E-state index contributed by atoms with van der Waals surface area (Å²) in [7, 11) is 0. The Kier molecular flexibility index (Phi) is 4.07. The van der Waals surface area contributed by atoms with Gasteiger partial charge in [0.1, 0.15) is 0 Å². The van der Waals surface area contributed by atoms with E-state index in [9.17, 15) is 4.79 Å². The molecule has 1 aliphatic rings. The van der Waals surface area contributed by atoms with E-state index < -0.39 is 0 Å². The highest BCUT2D eigenvalue weighted by Crippen LogP contribution is 2.22. The Bertz CT molecular complexity index is 445. The molecule has 0 aliphatic carbocycles. The van der Waals surface area contributed by atoms with E-state index >= 15 is 0 Å². The Morgan fingerprint density at radius 2 is 2.11 bits per heavy atom. The second-order valence-electron chi connectivity index (χ2n) is 5.55. The van der Waals surface area contributed by atoms with Crippen LogP contribution >= 0.6 is 15.9 Å². The molecule has 1 heterocycles. The number of hydrogen-bond acceptors (Lipinski definition) is 2. The zero-order chi connectivity index (χ0) is 13.2. The highest BCUT2D eigenvalue weighted by Gasteiger charge is 2.28. The number of nitrogens with zero attached hydrogens (tertiary/aromatic N) is 1. The maximum atomic E-state index is 12.5. The summed E-state index contributed by atoms with van der Waals surface area (Å²) in [6, 6.07) is 7.61. The topological polar surface area (TPSA) is 32.3 Å².